The van der Waals surface area contributed by atoms with Crippen molar-refractivity contribution in [3.8, 4) is 11.5 Å². The van der Waals surface area contributed by atoms with Crippen LogP contribution in [0.1, 0.15) is 30.7 Å². The first-order chi connectivity index (χ1) is 14.2. The van der Waals surface area contributed by atoms with Crippen molar-refractivity contribution in [2.24, 2.45) is 5.92 Å². The summed E-state index contributed by atoms with van der Waals surface area (Å²) >= 11 is 0. The zero-order chi connectivity index (χ0) is 20.0. The van der Waals surface area contributed by atoms with Gasteiger partial charge in [-0.2, -0.15) is 0 Å². The average Bonchev–Trinajstić information content (AvgIpc) is 3.51. The first-order valence-corrected chi connectivity index (χ1v) is 9.95. The molecule has 1 saturated carbocycles. The minimum absolute atomic E-state index is 0.0264. The number of rotatable bonds is 5. The molecule has 29 heavy (non-hydrogen) atoms. The van der Waals surface area contributed by atoms with Crippen LogP contribution in [0.3, 0.4) is 0 Å². The fourth-order valence-corrected chi connectivity index (χ4v) is 3.81. The second kappa shape index (κ2) is 7.11. The van der Waals surface area contributed by atoms with E-state index >= 15 is 0 Å². The van der Waals surface area contributed by atoms with Crippen molar-refractivity contribution in [3.63, 3.8) is 0 Å². The molecule has 8 nitrogen and oxygen atoms in total. The van der Waals surface area contributed by atoms with Crippen LogP contribution < -0.4 is 10.6 Å². The van der Waals surface area contributed by atoms with Crippen molar-refractivity contribution in [2.75, 3.05) is 24.8 Å². The Morgan fingerprint density at radius 2 is 2.07 bits per heavy atom. The van der Waals surface area contributed by atoms with Gasteiger partial charge >= 0.3 is 0 Å². The van der Waals surface area contributed by atoms with Crippen LogP contribution >= 0.6 is 0 Å². The van der Waals surface area contributed by atoms with Gasteiger partial charge in [0.25, 0.3) is 0 Å². The number of hydrogen-bond acceptors (Lipinski definition) is 7. The third-order valence-electron chi connectivity index (χ3n) is 5.66. The standard InChI is InChI=1S/C21H23N5O3/c1-22-19-14-9-23-18(26-20(27)11-3-4-11)8-13(14)15(10-24-19)21-25-16-7-12(28-2)5-6-17(16)29-21/h8-12H,3-7H2,1-2H3,(H,22,24)(H,23,26,27). The summed E-state index contributed by atoms with van der Waals surface area (Å²) in [5.74, 6) is 2.84. The van der Waals surface area contributed by atoms with Gasteiger partial charge < -0.3 is 19.8 Å². The largest absolute Gasteiger partial charge is 0.441 e. The molecule has 1 fully saturated rings. The van der Waals surface area contributed by atoms with Gasteiger partial charge in [0.05, 0.1) is 17.4 Å². The van der Waals surface area contributed by atoms with Gasteiger partial charge in [-0.15, -0.1) is 0 Å². The number of carbonyl (C=O) groups excluding carboxylic acids is 1. The van der Waals surface area contributed by atoms with Crippen molar-refractivity contribution < 1.29 is 13.9 Å². The van der Waals surface area contributed by atoms with Gasteiger partial charge in [-0.25, -0.2) is 15.0 Å². The maximum absolute atomic E-state index is 12.2. The minimum atomic E-state index is 0.0264. The molecule has 1 amide bonds. The second-order valence-electron chi connectivity index (χ2n) is 7.64. The van der Waals surface area contributed by atoms with Crippen molar-refractivity contribution >= 4 is 28.3 Å². The summed E-state index contributed by atoms with van der Waals surface area (Å²) in [6, 6.07) is 1.87. The maximum Gasteiger partial charge on any atom is 0.228 e. The third-order valence-corrected chi connectivity index (χ3v) is 5.66. The van der Waals surface area contributed by atoms with Gasteiger partial charge in [-0.1, -0.05) is 0 Å². The molecule has 2 aliphatic rings. The summed E-state index contributed by atoms with van der Waals surface area (Å²) in [6.07, 6.45) is 8.04. The molecule has 0 aromatic carbocycles. The first-order valence-electron chi connectivity index (χ1n) is 9.95. The van der Waals surface area contributed by atoms with Gasteiger partial charge in [0.1, 0.15) is 17.4 Å². The molecule has 0 saturated heterocycles. The molecule has 5 rings (SSSR count). The van der Waals surface area contributed by atoms with Crippen LogP contribution in [0.15, 0.2) is 22.9 Å². The van der Waals surface area contributed by atoms with E-state index in [2.05, 4.69) is 20.6 Å². The highest BCUT2D eigenvalue weighted by Crippen LogP contribution is 2.35. The Morgan fingerprint density at radius 1 is 1.21 bits per heavy atom. The Morgan fingerprint density at radius 3 is 2.83 bits per heavy atom. The van der Waals surface area contributed by atoms with Gasteiger partial charge in [0.2, 0.25) is 11.8 Å². The Balaban J connectivity index is 1.57. The van der Waals surface area contributed by atoms with Gasteiger partial charge in [-0.05, 0) is 25.3 Å². The molecule has 0 radical (unpaired) electrons. The highest BCUT2D eigenvalue weighted by molar-refractivity contribution is 6.02. The number of oxazole rings is 1. The van der Waals surface area contributed by atoms with Crippen LogP contribution in [-0.2, 0) is 22.4 Å². The number of aromatic nitrogens is 3. The van der Waals surface area contributed by atoms with E-state index in [1.165, 1.54) is 0 Å². The number of aryl methyl sites for hydroxylation is 1. The zero-order valence-corrected chi connectivity index (χ0v) is 16.5. The smallest absolute Gasteiger partial charge is 0.228 e. The van der Waals surface area contributed by atoms with E-state index in [1.54, 1.807) is 19.5 Å². The van der Waals surface area contributed by atoms with E-state index in [1.807, 2.05) is 13.1 Å². The molecule has 2 aliphatic carbocycles. The topological polar surface area (TPSA) is 102 Å². The number of pyridine rings is 2. The average molecular weight is 393 g/mol. The number of anilines is 2. The lowest BCUT2D eigenvalue weighted by atomic mass is 9.99. The predicted molar refractivity (Wildman–Crippen MR) is 109 cm³/mol. The lowest BCUT2D eigenvalue weighted by Crippen LogP contribution is -2.20. The van der Waals surface area contributed by atoms with Gasteiger partial charge in [0.15, 0.2) is 0 Å². The monoisotopic (exact) mass is 393 g/mol. The molecule has 3 aromatic heterocycles. The summed E-state index contributed by atoms with van der Waals surface area (Å²) in [5, 5.41) is 7.74. The highest BCUT2D eigenvalue weighted by atomic mass is 16.5. The Labute approximate surface area is 168 Å². The molecule has 0 bridgehead atoms. The van der Waals surface area contributed by atoms with E-state index in [0.717, 1.165) is 59.9 Å². The summed E-state index contributed by atoms with van der Waals surface area (Å²) < 4.78 is 11.6. The fourth-order valence-electron chi connectivity index (χ4n) is 3.81. The summed E-state index contributed by atoms with van der Waals surface area (Å²) in [4.78, 5) is 25.8. The lowest BCUT2D eigenvalue weighted by Gasteiger charge is -2.17. The SMILES string of the molecule is CNc1ncc(-c2nc3c(o2)CCC(OC)C3)c2cc(NC(=O)C3CC3)ncc12. The van der Waals surface area contributed by atoms with Crippen molar-refractivity contribution in [1.82, 2.24) is 15.0 Å². The molecule has 2 N–H and O–H groups in total. The van der Waals surface area contributed by atoms with Gasteiger partial charge in [0, 0.05) is 56.1 Å². The fraction of sp³-hybridized carbons (Fsp3) is 0.429. The van der Waals surface area contributed by atoms with E-state index in [-0.39, 0.29) is 17.9 Å². The Kier molecular flexibility index (Phi) is 4.43. The molecule has 3 heterocycles. The number of carbonyl (C=O) groups is 1. The number of hydrogen-bond donors (Lipinski definition) is 2. The van der Waals surface area contributed by atoms with Crippen LogP contribution in [0, 0.1) is 5.92 Å². The summed E-state index contributed by atoms with van der Waals surface area (Å²) in [7, 11) is 3.55. The highest BCUT2D eigenvalue weighted by Gasteiger charge is 2.30. The normalized spacial score (nSPS) is 18.5. The van der Waals surface area contributed by atoms with E-state index in [9.17, 15) is 4.79 Å². The lowest BCUT2D eigenvalue weighted by molar-refractivity contribution is -0.117. The number of ether oxygens (including phenoxy) is 1. The Bertz CT molecular complexity index is 1090. The number of amides is 1. The number of methoxy groups -OCH3 is 1. The molecular formula is C21H23N5O3. The molecule has 1 unspecified atom stereocenters. The third kappa shape index (κ3) is 3.33. The predicted octanol–water partition coefficient (Wildman–Crippen LogP) is 3.18. The molecule has 0 spiro atoms. The molecule has 0 aliphatic heterocycles. The van der Waals surface area contributed by atoms with Crippen molar-refractivity contribution in [3.05, 3.63) is 29.9 Å². The van der Waals surface area contributed by atoms with Crippen LogP contribution in [0.5, 0.6) is 0 Å². The molecular weight excluding hydrogens is 370 g/mol. The molecule has 1 atom stereocenters. The number of nitrogens with one attached hydrogen (secondary N) is 2. The quantitative estimate of drug-likeness (QED) is 0.686. The Hall–Kier alpha value is -3.00. The van der Waals surface area contributed by atoms with E-state index in [4.69, 9.17) is 14.1 Å². The summed E-state index contributed by atoms with van der Waals surface area (Å²) in [5.41, 5.74) is 1.73. The summed E-state index contributed by atoms with van der Waals surface area (Å²) in [6.45, 7) is 0. The van der Waals surface area contributed by atoms with Crippen molar-refractivity contribution in [1.29, 1.82) is 0 Å². The number of nitrogens with zero attached hydrogens (tertiary/aromatic N) is 3. The van der Waals surface area contributed by atoms with Crippen LogP contribution in [0.4, 0.5) is 11.6 Å². The van der Waals surface area contributed by atoms with Gasteiger partial charge in [-0.3, -0.25) is 4.79 Å². The molecule has 150 valence electrons. The zero-order valence-electron chi connectivity index (χ0n) is 16.5. The van der Waals surface area contributed by atoms with Crippen LogP contribution in [-0.4, -0.2) is 41.1 Å². The van der Waals surface area contributed by atoms with Crippen LogP contribution in [0.2, 0.25) is 0 Å². The number of fused-ring (bicyclic) bond motifs is 2. The van der Waals surface area contributed by atoms with E-state index in [0.29, 0.717) is 17.5 Å². The molecule has 8 heteroatoms. The minimum Gasteiger partial charge on any atom is -0.441 e. The second-order valence-corrected chi connectivity index (χ2v) is 7.64. The van der Waals surface area contributed by atoms with E-state index < -0.39 is 0 Å². The molecule has 3 aromatic rings. The maximum atomic E-state index is 12.2. The van der Waals surface area contributed by atoms with Crippen LogP contribution in [0.25, 0.3) is 22.2 Å². The first kappa shape index (κ1) is 18.1. The van der Waals surface area contributed by atoms with Crippen molar-refractivity contribution in [2.45, 2.75) is 38.2 Å².